The van der Waals surface area contributed by atoms with Crippen LogP contribution < -0.4 is 19.5 Å². The van der Waals surface area contributed by atoms with Crippen molar-refractivity contribution in [1.29, 1.82) is 0 Å². The third kappa shape index (κ3) is 4.07. The molecule has 0 radical (unpaired) electrons. The van der Waals surface area contributed by atoms with Crippen molar-refractivity contribution in [2.75, 3.05) is 26.6 Å². The van der Waals surface area contributed by atoms with Crippen molar-refractivity contribution < 1.29 is 19.0 Å². The first-order chi connectivity index (χ1) is 15.5. The molecule has 4 aromatic rings. The van der Waals surface area contributed by atoms with Gasteiger partial charge in [0, 0.05) is 23.4 Å². The topological polar surface area (TPSA) is 74.6 Å². The van der Waals surface area contributed by atoms with Gasteiger partial charge in [0.05, 0.1) is 37.4 Å². The number of para-hydroxylation sites is 2. The fourth-order valence-electron chi connectivity index (χ4n) is 3.58. The summed E-state index contributed by atoms with van der Waals surface area (Å²) in [5.74, 6) is 1.74. The number of methoxy groups -OCH3 is 3. The maximum absolute atomic E-state index is 13.0. The van der Waals surface area contributed by atoms with E-state index in [0.717, 1.165) is 16.6 Å². The number of fused-ring (bicyclic) bond motifs is 1. The highest BCUT2D eigenvalue weighted by Crippen LogP contribution is 2.40. The molecule has 0 atom stereocenters. The number of imidazole rings is 1. The fraction of sp³-hybridized carbons (Fsp3) is 0.167. The number of nitrogens with zero attached hydrogens (tertiary/aromatic N) is 2. The molecule has 0 aliphatic rings. The summed E-state index contributed by atoms with van der Waals surface area (Å²) >= 11 is 6.43. The Kier molecular flexibility index (Phi) is 6.18. The number of nitrogens with one attached hydrogen (secondary N) is 1. The summed E-state index contributed by atoms with van der Waals surface area (Å²) < 4.78 is 17.9. The molecule has 32 heavy (non-hydrogen) atoms. The van der Waals surface area contributed by atoms with Crippen LogP contribution in [0.25, 0.3) is 22.4 Å². The Morgan fingerprint density at radius 1 is 0.969 bits per heavy atom. The highest BCUT2D eigenvalue weighted by atomic mass is 35.5. The van der Waals surface area contributed by atoms with Crippen molar-refractivity contribution in [2.24, 2.45) is 0 Å². The summed E-state index contributed by atoms with van der Waals surface area (Å²) in [6, 6.07) is 18.4. The minimum Gasteiger partial charge on any atom is -0.493 e. The summed E-state index contributed by atoms with van der Waals surface area (Å²) in [5, 5.41) is 3.47. The Hall–Kier alpha value is -3.71. The molecule has 3 aromatic carbocycles. The van der Waals surface area contributed by atoms with Gasteiger partial charge in [0.1, 0.15) is 12.4 Å². The van der Waals surface area contributed by atoms with E-state index in [1.54, 1.807) is 18.2 Å². The Morgan fingerprint density at radius 3 is 2.28 bits per heavy atom. The molecule has 4 rings (SSSR count). The van der Waals surface area contributed by atoms with E-state index in [2.05, 4.69) is 5.32 Å². The summed E-state index contributed by atoms with van der Waals surface area (Å²) in [4.78, 5) is 17.8. The van der Waals surface area contributed by atoms with Crippen molar-refractivity contribution >= 4 is 34.2 Å². The summed E-state index contributed by atoms with van der Waals surface area (Å²) in [7, 11) is 4.58. The van der Waals surface area contributed by atoms with Gasteiger partial charge in [-0.25, -0.2) is 4.98 Å². The van der Waals surface area contributed by atoms with Crippen LogP contribution in [-0.4, -0.2) is 36.8 Å². The van der Waals surface area contributed by atoms with E-state index in [9.17, 15) is 4.79 Å². The zero-order chi connectivity index (χ0) is 22.7. The van der Waals surface area contributed by atoms with Crippen molar-refractivity contribution in [3.63, 3.8) is 0 Å². The number of anilines is 1. The van der Waals surface area contributed by atoms with E-state index >= 15 is 0 Å². The third-order valence-corrected chi connectivity index (χ3v) is 5.35. The second kappa shape index (κ2) is 9.20. The number of aromatic nitrogens is 2. The quantitative estimate of drug-likeness (QED) is 0.427. The van der Waals surface area contributed by atoms with Crippen molar-refractivity contribution in [3.8, 4) is 28.6 Å². The van der Waals surface area contributed by atoms with Crippen LogP contribution in [-0.2, 0) is 11.3 Å². The molecule has 0 saturated carbocycles. The second-order valence-corrected chi connectivity index (χ2v) is 7.36. The molecule has 0 spiro atoms. The highest BCUT2D eigenvalue weighted by Gasteiger charge is 2.18. The molecule has 0 aliphatic heterocycles. The van der Waals surface area contributed by atoms with Gasteiger partial charge in [0.25, 0.3) is 0 Å². The van der Waals surface area contributed by atoms with Gasteiger partial charge in [0.15, 0.2) is 11.5 Å². The van der Waals surface area contributed by atoms with Crippen LogP contribution in [0, 0.1) is 0 Å². The van der Waals surface area contributed by atoms with E-state index in [1.807, 2.05) is 47.0 Å². The van der Waals surface area contributed by atoms with E-state index in [-0.39, 0.29) is 12.5 Å². The van der Waals surface area contributed by atoms with Crippen LogP contribution in [0.4, 0.5) is 5.69 Å². The third-order valence-electron chi connectivity index (χ3n) is 5.02. The molecule has 0 saturated heterocycles. The number of rotatable bonds is 7. The van der Waals surface area contributed by atoms with Crippen molar-refractivity contribution in [3.05, 3.63) is 65.7 Å². The average Bonchev–Trinajstić information content (AvgIpc) is 3.16. The van der Waals surface area contributed by atoms with Crippen LogP contribution in [0.15, 0.2) is 60.7 Å². The van der Waals surface area contributed by atoms with Crippen LogP contribution in [0.1, 0.15) is 0 Å². The zero-order valence-corrected chi connectivity index (χ0v) is 18.6. The number of hydrogen-bond acceptors (Lipinski definition) is 5. The number of carbonyl (C=O) groups is 1. The molecule has 0 aliphatic carbocycles. The molecule has 164 valence electrons. The molecule has 8 heteroatoms. The molecule has 1 N–H and O–H groups in total. The van der Waals surface area contributed by atoms with Gasteiger partial charge < -0.3 is 24.1 Å². The number of halogens is 1. The number of hydrogen-bond donors (Lipinski definition) is 1. The van der Waals surface area contributed by atoms with Crippen molar-refractivity contribution in [1.82, 2.24) is 9.55 Å². The predicted molar refractivity (Wildman–Crippen MR) is 125 cm³/mol. The molecule has 0 unspecified atom stereocenters. The van der Waals surface area contributed by atoms with Gasteiger partial charge in [-0.15, -0.1) is 0 Å². The van der Waals surface area contributed by atoms with Crippen LogP contribution in [0.3, 0.4) is 0 Å². The molecule has 1 heterocycles. The summed E-state index contributed by atoms with van der Waals surface area (Å²) in [6.45, 7) is 0.0394. The lowest BCUT2D eigenvalue weighted by atomic mass is 10.2. The van der Waals surface area contributed by atoms with E-state index in [4.69, 9.17) is 30.8 Å². The predicted octanol–water partition coefficient (Wildman–Crippen LogP) is 5.02. The number of carbonyl (C=O) groups excluding carboxylic acids is 1. The first-order valence-electron chi connectivity index (χ1n) is 9.85. The van der Waals surface area contributed by atoms with Gasteiger partial charge in [-0.3, -0.25) is 4.79 Å². The number of ether oxygens (including phenoxy) is 3. The van der Waals surface area contributed by atoms with Gasteiger partial charge >= 0.3 is 0 Å². The standard InChI is InChI=1S/C24H22ClN3O4/c1-30-20-12-15(13-21(31-2)23(20)32-3)26-22(29)14-28-19-11-7-6-10-18(19)27-24(28)16-8-4-5-9-17(16)25/h4-13H,14H2,1-3H3,(H,26,29). The lowest BCUT2D eigenvalue weighted by Gasteiger charge is -2.15. The molecular formula is C24H22ClN3O4. The summed E-state index contributed by atoms with van der Waals surface area (Å²) in [6.07, 6.45) is 0. The minimum atomic E-state index is -0.240. The summed E-state index contributed by atoms with van der Waals surface area (Å²) in [5.41, 5.74) is 2.89. The molecule has 0 fully saturated rings. The molecule has 1 amide bonds. The Labute approximate surface area is 190 Å². The van der Waals surface area contributed by atoms with Crippen LogP contribution >= 0.6 is 11.6 Å². The highest BCUT2D eigenvalue weighted by molar-refractivity contribution is 6.33. The van der Waals surface area contributed by atoms with Gasteiger partial charge in [0.2, 0.25) is 11.7 Å². The maximum Gasteiger partial charge on any atom is 0.244 e. The maximum atomic E-state index is 13.0. The average molecular weight is 452 g/mol. The fourth-order valence-corrected chi connectivity index (χ4v) is 3.80. The lowest BCUT2D eigenvalue weighted by molar-refractivity contribution is -0.116. The largest absolute Gasteiger partial charge is 0.493 e. The zero-order valence-electron chi connectivity index (χ0n) is 17.9. The Bertz CT molecular complexity index is 1260. The first-order valence-corrected chi connectivity index (χ1v) is 10.2. The molecule has 7 nitrogen and oxygen atoms in total. The van der Waals surface area contributed by atoms with E-state index in [1.165, 1.54) is 21.3 Å². The number of benzene rings is 3. The van der Waals surface area contributed by atoms with Crippen molar-refractivity contribution in [2.45, 2.75) is 6.54 Å². The molecule has 1 aromatic heterocycles. The lowest BCUT2D eigenvalue weighted by Crippen LogP contribution is -2.19. The SMILES string of the molecule is COc1cc(NC(=O)Cn2c(-c3ccccc3Cl)nc3ccccc32)cc(OC)c1OC. The molecular weight excluding hydrogens is 430 g/mol. The van der Waals surface area contributed by atoms with E-state index in [0.29, 0.717) is 33.8 Å². The van der Waals surface area contributed by atoms with Gasteiger partial charge in [-0.2, -0.15) is 0 Å². The number of amides is 1. The van der Waals surface area contributed by atoms with Gasteiger partial charge in [-0.1, -0.05) is 35.9 Å². The minimum absolute atomic E-state index is 0.0394. The second-order valence-electron chi connectivity index (χ2n) is 6.95. The Balaban J connectivity index is 1.69. The smallest absolute Gasteiger partial charge is 0.244 e. The van der Waals surface area contributed by atoms with E-state index < -0.39 is 0 Å². The normalized spacial score (nSPS) is 10.8. The van der Waals surface area contributed by atoms with Crippen LogP contribution in [0.5, 0.6) is 17.2 Å². The van der Waals surface area contributed by atoms with Crippen LogP contribution in [0.2, 0.25) is 5.02 Å². The molecule has 0 bridgehead atoms. The monoisotopic (exact) mass is 451 g/mol. The first kappa shape index (κ1) is 21.5. The Morgan fingerprint density at radius 2 is 1.62 bits per heavy atom. The van der Waals surface area contributed by atoms with Gasteiger partial charge in [-0.05, 0) is 24.3 Å².